The molecule has 2 rings (SSSR count). The number of rotatable bonds is 3. The smallest absolute Gasteiger partial charge is 0.228 e. The third kappa shape index (κ3) is 2.51. The number of carbonyl (C=O) groups is 1. The van der Waals surface area contributed by atoms with E-state index in [2.05, 4.69) is 5.32 Å². The first-order valence-electron chi connectivity index (χ1n) is 6.19. The van der Waals surface area contributed by atoms with Gasteiger partial charge in [0.15, 0.2) is 0 Å². The summed E-state index contributed by atoms with van der Waals surface area (Å²) in [5, 5.41) is 12.3. The lowest BCUT2D eigenvalue weighted by Crippen LogP contribution is -2.40. The van der Waals surface area contributed by atoms with Gasteiger partial charge in [-0.05, 0) is 25.7 Å². The van der Waals surface area contributed by atoms with E-state index in [0.717, 1.165) is 25.7 Å². The van der Waals surface area contributed by atoms with Crippen LogP contribution >= 0.6 is 0 Å². The predicted octanol–water partition coefficient (Wildman–Crippen LogP) is 1.60. The van der Waals surface area contributed by atoms with Crippen LogP contribution < -0.4 is 5.32 Å². The Hall–Kier alpha value is -0.570. The molecule has 1 amide bonds. The van der Waals surface area contributed by atoms with E-state index in [0.29, 0.717) is 6.04 Å². The quantitative estimate of drug-likeness (QED) is 0.697. The van der Waals surface area contributed by atoms with Gasteiger partial charge in [-0.3, -0.25) is 4.79 Å². The van der Waals surface area contributed by atoms with Crippen molar-refractivity contribution >= 4 is 5.91 Å². The minimum Gasteiger partial charge on any atom is -0.395 e. The summed E-state index contributed by atoms with van der Waals surface area (Å²) in [4.78, 5) is 11.9. The predicted molar refractivity (Wildman–Crippen MR) is 58.4 cm³/mol. The Morgan fingerprint density at radius 1 is 1.20 bits per heavy atom. The maximum atomic E-state index is 11.9. The molecule has 0 atom stereocenters. The molecule has 86 valence electrons. The molecule has 0 radical (unpaired) electrons. The molecule has 0 saturated heterocycles. The van der Waals surface area contributed by atoms with Gasteiger partial charge in [0.05, 0.1) is 12.0 Å². The van der Waals surface area contributed by atoms with Gasteiger partial charge in [-0.15, -0.1) is 0 Å². The van der Waals surface area contributed by atoms with Crippen molar-refractivity contribution in [3.8, 4) is 0 Å². The molecule has 0 aromatic heterocycles. The van der Waals surface area contributed by atoms with Crippen molar-refractivity contribution in [2.24, 2.45) is 5.41 Å². The Balaban J connectivity index is 1.82. The van der Waals surface area contributed by atoms with Gasteiger partial charge in [-0.1, -0.05) is 25.7 Å². The molecule has 0 unspecified atom stereocenters. The van der Waals surface area contributed by atoms with Gasteiger partial charge < -0.3 is 10.4 Å². The molecule has 0 aromatic rings. The molecule has 2 aliphatic carbocycles. The van der Waals surface area contributed by atoms with Crippen LogP contribution in [0.4, 0.5) is 0 Å². The van der Waals surface area contributed by atoms with Crippen LogP contribution in [0.25, 0.3) is 0 Å². The summed E-state index contributed by atoms with van der Waals surface area (Å²) in [6.45, 7) is 0.0194. The lowest BCUT2D eigenvalue weighted by molar-refractivity contribution is -0.128. The van der Waals surface area contributed by atoms with E-state index in [-0.39, 0.29) is 12.5 Å². The number of aliphatic hydroxyl groups is 1. The highest BCUT2D eigenvalue weighted by molar-refractivity contribution is 5.85. The number of hydrogen-bond donors (Lipinski definition) is 2. The second-order valence-corrected chi connectivity index (χ2v) is 5.10. The average molecular weight is 211 g/mol. The van der Waals surface area contributed by atoms with E-state index >= 15 is 0 Å². The molecule has 0 heterocycles. The van der Waals surface area contributed by atoms with Crippen molar-refractivity contribution < 1.29 is 9.90 Å². The topological polar surface area (TPSA) is 49.3 Å². The first kappa shape index (κ1) is 10.9. The first-order chi connectivity index (χ1) is 7.27. The van der Waals surface area contributed by atoms with Crippen LogP contribution in [0.1, 0.15) is 51.4 Å². The van der Waals surface area contributed by atoms with Crippen LogP contribution in [0.2, 0.25) is 0 Å². The highest BCUT2D eigenvalue weighted by atomic mass is 16.3. The van der Waals surface area contributed by atoms with Crippen LogP contribution in [0, 0.1) is 5.41 Å². The van der Waals surface area contributed by atoms with Gasteiger partial charge in [0, 0.05) is 6.04 Å². The average Bonchev–Trinajstić information content (AvgIpc) is 3.03. The number of nitrogens with one attached hydrogen (secondary N) is 1. The van der Waals surface area contributed by atoms with Gasteiger partial charge in [0.25, 0.3) is 0 Å². The van der Waals surface area contributed by atoms with E-state index in [1.54, 1.807) is 0 Å². The fourth-order valence-electron chi connectivity index (χ4n) is 2.37. The molecule has 0 spiro atoms. The Kier molecular flexibility index (Phi) is 3.29. The molecule has 15 heavy (non-hydrogen) atoms. The molecular formula is C12H21NO2. The molecule has 2 N–H and O–H groups in total. The summed E-state index contributed by atoms with van der Waals surface area (Å²) in [5.74, 6) is 0.0944. The zero-order chi connectivity index (χ0) is 10.7. The fourth-order valence-corrected chi connectivity index (χ4v) is 2.37. The fraction of sp³-hybridized carbons (Fsp3) is 0.917. The maximum Gasteiger partial charge on any atom is 0.228 e. The third-order valence-corrected chi connectivity index (χ3v) is 3.83. The second kappa shape index (κ2) is 4.52. The standard InChI is InChI=1S/C12H21NO2/c14-9-12(7-8-12)11(15)13-10-5-3-1-2-4-6-10/h10,14H,1-9H2,(H,13,15). The summed E-state index contributed by atoms with van der Waals surface area (Å²) >= 11 is 0. The summed E-state index contributed by atoms with van der Waals surface area (Å²) in [6.07, 6.45) is 9.04. The van der Waals surface area contributed by atoms with Crippen molar-refractivity contribution in [3.05, 3.63) is 0 Å². The van der Waals surface area contributed by atoms with Gasteiger partial charge >= 0.3 is 0 Å². The van der Waals surface area contributed by atoms with Crippen LogP contribution in [0.15, 0.2) is 0 Å². The summed E-state index contributed by atoms with van der Waals surface area (Å²) in [7, 11) is 0. The van der Waals surface area contributed by atoms with Crippen molar-refractivity contribution in [1.82, 2.24) is 5.32 Å². The minimum absolute atomic E-state index is 0.0194. The monoisotopic (exact) mass is 211 g/mol. The number of aliphatic hydroxyl groups excluding tert-OH is 1. The number of amides is 1. The molecule has 3 heteroatoms. The molecule has 2 aliphatic rings. The highest BCUT2D eigenvalue weighted by Crippen LogP contribution is 2.45. The number of carbonyl (C=O) groups excluding carboxylic acids is 1. The SMILES string of the molecule is O=C(NC1CCCCCC1)C1(CO)CC1. The van der Waals surface area contributed by atoms with Crippen LogP contribution in [0.3, 0.4) is 0 Å². The molecule has 2 saturated carbocycles. The van der Waals surface area contributed by atoms with Gasteiger partial charge in [-0.2, -0.15) is 0 Å². The molecule has 3 nitrogen and oxygen atoms in total. The van der Waals surface area contributed by atoms with Gasteiger partial charge in [0.1, 0.15) is 0 Å². The van der Waals surface area contributed by atoms with E-state index < -0.39 is 5.41 Å². The molecule has 0 aliphatic heterocycles. The van der Waals surface area contributed by atoms with E-state index in [1.807, 2.05) is 0 Å². The Morgan fingerprint density at radius 3 is 2.27 bits per heavy atom. The summed E-state index contributed by atoms with van der Waals surface area (Å²) < 4.78 is 0. The van der Waals surface area contributed by atoms with Gasteiger partial charge in [0.2, 0.25) is 5.91 Å². The largest absolute Gasteiger partial charge is 0.395 e. The lowest BCUT2D eigenvalue weighted by Gasteiger charge is -2.19. The molecule has 0 aromatic carbocycles. The molecular weight excluding hydrogens is 190 g/mol. The molecule has 0 bridgehead atoms. The first-order valence-corrected chi connectivity index (χ1v) is 6.19. The van der Waals surface area contributed by atoms with Crippen LogP contribution in [-0.2, 0) is 4.79 Å². The Bertz CT molecular complexity index is 228. The minimum atomic E-state index is -0.397. The zero-order valence-electron chi connectivity index (χ0n) is 9.30. The second-order valence-electron chi connectivity index (χ2n) is 5.10. The molecule has 2 fully saturated rings. The lowest BCUT2D eigenvalue weighted by atomic mass is 10.0. The van der Waals surface area contributed by atoms with Crippen LogP contribution in [0.5, 0.6) is 0 Å². The Labute approximate surface area is 91.2 Å². The zero-order valence-corrected chi connectivity index (χ0v) is 9.30. The van der Waals surface area contributed by atoms with E-state index in [1.165, 1.54) is 25.7 Å². The van der Waals surface area contributed by atoms with Crippen molar-refractivity contribution in [3.63, 3.8) is 0 Å². The highest BCUT2D eigenvalue weighted by Gasteiger charge is 2.49. The van der Waals surface area contributed by atoms with Crippen molar-refractivity contribution in [2.75, 3.05) is 6.61 Å². The third-order valence-electron chi connectivity index (χ3n) is 3.83. The van der Waals surface area contributed by atoms with E-state index in [9.17, 15) is 4.79 Å². The van der Waals surface area contributed by atoms with Gasteiger partial charge in [-0.25, -0.2) is 0 Å². The van der Waals surface area contributed by atoms with Crippen molar-refractivity contribution in [2.45, 2.75) is 57.4 Å². The normalized spacial score (nSPS) is 25.7. The van der Waals surface area contributed by atoms with E-state index in [4.69, 9.17) is 5.11 Å². The summed E-state index contributed by atoms with van der Waals surface area (Å²) in [6, 6.07) is 0.365. The Morgan fingerprint density at radius 2 is 1.80 bits per heavy atom. The van der Waals surface area contributed by atoms with Crippen molar-refractivity contribution in [1.29, 1.82) is 0 Å². The number of hydrogen-bond acceptors (Lipinski definition) is 2. The summed E-state index contributed by atoms with van der Waals surface area (Å²) in [5.41, 5.74) is -0.397. The van der Waals surface area contributed by atoms with Crippen LogP contribution in [-0.4, -0.2) is 23.7 Å². The maximum absolute atomic E-state index is 11.9.